The summed E-state index contributed by atoms with van der Waals surface area (Å²) in [6.45, 7) is 0.0498. The van der Waals surface area contributed by atoms with Crippen molar-refractivity contribution in [3.05, 3.63) is 77.2 Å². The first kappa shape index (κ1) is 21.7. The van der Waals surface area contributed by atoms with Crippen LogP contribution in [0, 0.1) is 5.82 Å². The summed E-state index contributed by atoms with van der Waals surface area (Å²) in [6.07, 6.45) is 3.28. The van der Waals surface area contributed by atoms with Crippen LogP contribution in [0.25, 0.3) is 0 Å². The molecular formula is C25H21FN2O6. The number of nitrogens with zero attached hydrogens (tertiary/aromatic N) is 1. The van der Waals surface area contributed by atoms with Gasteiger partial charge in [-0.2, -0.15) is 0 Å². The molecule has 0 spiro atoms. The van der Waals surface area contributed by atoms with E-state index in [9.17, 15) is 19.1 Å². The van der Waals surface area contributed by atoms with Crippen LogP contribution in [0.1, 0.15) is 40.7 Å². The number of aromatic nitrogens is 1. The van der Waals surface area contributed by atoms with E-state index in [-0.39, 0.29) is 30.3 Å². The first-order valence-electron chi connectivity index (χ1n) is 10.8. The van der Waals surface area contributed by atoms with Gasteiger partial charge < -0.3 is 24.6 Å². The molecule has 9 heteroatoms. The molecule has 174 valence electrons. The van der Waals surface area contributed by atoms with Gasteiger partial charge in [-0.05, 0) is 48.7 Å². The Bertz CT molecular complexity index is 1270. The second kappa shape index (κ2) is 8.66. The van der Waals surface area contributed by atoms with Crippen LogP contribution in [-0.4, -0.2) is 28.8 Å². The lowest BCUT2D eigenvalue weighted by atomic mass is 9.64. The molecule has 0 bridgehead atoms. The highest BCUT2D eigenvalue weighted by Crippen LogP contribution is 2.44. The van der Waals surface area contributed by atoms with Gasteiger partial charge in [-0.25, -0.2) is 9.37 Å². The van der Waals surface area contributed by atoms with Gasteiger partial charge in [-0.15, -0.1) is 0 Å². The van der Waals surface area contributed by atoms with Crippen LogP contribution in [-0.2, 0) is 16.8 Å². The lowest BCUT2D eigenvalue weighted by molar-refractivity contribution is -0.147. The molecule has 1 saturated carbocycles. The summed E-state index contributed by atoms with van der Waals surface area (Å²) in [5.41, 5.74) is -0.139. The average molecular weight is 464 g/mol. The van der Waals surface area contributed by atoms with Crippen LogP contribution in [0.4, 0.5) is 4.39 Å². The van der Waals surface area contributed by atoms with Crippen molar-refractivity contribution < 1.29 is 33.3 Å². The van der Waals surface area contributed by atoms with Gasteiger partial charge >= 0.3 is 5.97 Å². The first-order valence-corrected chi connectivity index (χ1v) is 10.8. The molecule has 3 aromatic rings. The van der Waals surface area contributed by atoms with Crippen molar-refractivity contribution in [2.45, 2.75) is 31.2 Å². The predicted molar refractivity (Wildman–Crippen MR) is 118 cm³/mol. The molecule has 1 fully saturated rings. The highest BCUT2D eigenvalue weighted by atomic mass is 19.1. The molecule has 0 atom stereocenters. The number of carbonyl (C=O) groups is 2. The third-order valence-corrected chi connectivity index (χ3v) is 6.24. The number of aliphatic carboxylic acids is 1. The maximum atomic E-state index is 14.7. The second-order valence-corrected chi connectivity index (χ2v) is 8.20. The van der Waals surface area contributed by atoms with Gasteiger partial charge in [0.05, 0.1) is 5.41 Å². The smallest absolute Gasteiger partial charge is 0.314 e. The summed E-state index contributed by atoms with van der Waals surface area (Å²) in [4.78, 5) is 28.6. The maximum absolute atomic E-state index is 14.7. The fourth-order valence-corrected chi connectivity index (χ4v) is 4.11. The first-order chi connectivity index (χ1) is 16.5. The standard InChI is InChI=1S/C25H21FN2O6/c26-19-11-16(25(24(30)31)8-2-9-25)5-4-15(19)13-28-22(29)18-3-1-10-27-23(18)34-17-6-7-20-21(12-17)33-14-32-20/h1,3-7,10-12H,2,8-9,13-14H2,(H,28,29)(H,30,31). The minimum atomic E-state index is -1.01. The number of hydrogen-bond acceptors (Lipinski definition) is 6. The van der Waals surface area contributed by atoms with E-state index in [1.54, 1.807) is 36.4 Å². The second-order valence-electron chi connectivity index (χ2n) is 8.20. The number of nitrogens with one attached hydrogen (secondary N) is 1. The number of benzene rings is 2. The van der Waals surface area contributed by atoms with Crippen LogP contribution >= 0.6 is 0 Å². The molecule has 0 radical (unpaired) electrons. The normalized spacial score (nSPS) is 15.3. The van der Waals surface area contributed by atoms with Crippen LogP contribution < -0.4 is 19.5 Å². The molecule has 2 N–H and O–H groups in total. The maximum Gasteiger partial charge on any atom is 0.314 e. The number of carboxylic acid groups (broad SMARTS) is 1. The number of pyridine rings is 1. The minimum absolute atomic E-state index is 0.0800. The van der Waals surface area contributed by atoms with Crippen LogP contribution in [0.15, 0.2) is 54.7 Å². The van der Waals surface area contributed by atoms with E-state index >= 15 is 0 Å². The Morgan fingerprint density at radius 2 is 1.94 bits per heavy atom. The lowest BCUT2D eigenvalue weighted by Gasteiger charge is -2.38. The summed E-state index contributed by atoms with van der Waals surface area (Å²) in [6, 6.07) is 12.6. The van der Waals surface area contributed by atoms with Gasteiger partial charge in [0.2, 0.25) is 12.7 Å². The number of halogens is 1. The Morgan fingerprint density at radius 1 is 1.12 bits per heavy atom. The number of carbonyl (C=O) groups excluding carboxylic acids is 1. The molecule has 5 rings (SSSR count). The summed E-state index contributed by atoms with van der Waals surface area (Å²) in [5.74, 6) is -0.353. The summed E-state index contributed by atoms with van der Waals surface area (Å²) in [7, 11) is 0. The van der Waals surface area contributed by atoms with Gasteiger partial charge in [-0.1, -0.05) is 18.6 Å². The Labute approximate surface area is 194 Å². The molecule has 0 unspecified atom stereocenters. The highest BCUT2D eigenvalue weighted by molar-refractivity contribution is 5.96. The van der Waals surface area contributed by atoms with Crippen molar-refractivity contribution in [1.82, 2.24) is 10.3 Å². The third kappa shape index (κ3) is 3.89. The van der Waals surface area contributed by atoms with Gasteiger partial charge in [0.15, 0.2) is 11.5 Å². The topological polar surface area (TPSA) is 107 Å². The highest BCUT2D eigenvalue weighted by Gasteiger charge is 2.46. The number of ether oxygens (including phenoxy) is 3. The zero-order valence-corrected chi connectivity index (χ0v) is 18.0. The number of fused-ring (bicyclic) bond motifs is 1. The Balaban J connectivity index is 1.29. The fraction of sp³-hybridized carbons (Fsp3) is 0.240. The molecule has 0 saturated heterocycles. The number of carboxylic acids is 1. The van der Waals surface area contributed by atoms with Crippen molar-refractivity contribution in [1.29, 1.82) is 0 Å². The quantitative estimate of drug-likeness (QED) is 0.540. The zero-order valence-electron chi connectivity index (χ0n) is 18.0. The molecule has 1 amide bonds. The summed E-state index contributed by atoms with van der Waals surface area (Å²) in [5, 5.41) is 12.2. The van der Waals surface area contributed by atoms with E-state index in [1.807, 2.05) is 0 Å². The van der Waals surface area contributed by atoms with Gasteiger partial charge in [0.1, 0.15) is 17.1 Å². The molecular weight excluding hydrogens is 443 g/mol. The Hall–Kier alpha value is -4.14. The minimum Gasteiger partial charge on any atom is -0.481 e. The molecule has 34 heavy (non-hydrogen) atoms. The average Bonchev–Trinajstić information content (AvgIpc) is 3.26. The number of hydrogen-bond donors (Lipinski definition) is 2. The van der Waals surface area contributed by atoms with Gasteiger partial charge in [0, 0.05) is 24.4 Å². The van der Waals surface area contributed by atoms with Gasteiger partial charge in [-0.3, -0.25) is 9.59 Å². The van der Waals surface area contributed by atoms with Crippen molar-refractivity contribution >= 4 is 11.9 Å². The van der Waals surface area contributed by atoms with Crippen molar-refractivity contribution in [2.75, 3.05) is 6.79 Å². The molecule has 1 aliphatic carbocycles. The molecule has 1 aliphatic heterocycles. The summed E-state index contributed by atoms with van der Waals surface area (Å²) >= 11 is 0. The van der Waals surface area contributed by atoms with Crippen molar-refractivity contribution in [3.8, 4) is 23.1 Å². The fourth-order valence-electron chi connectivity index (χ4n) is 4.11. The van der Waals surface area contributed by atoms with Crippen molar-refractivity contribution in [2.24, 2.45) is 0 Å². The van der Waals surface area contributed by atoms with Crippen molar-refractivity contribution in [3.63, 3.8) is 0 Å². The number of rotatable bonds is 7. The monoisotopic (exact) mass is 464 g/mol. The molecule has 2 aromatic carbocycles. The van der Waals surface area contributed by atoms with E-state index in [1.165, 1.54) is 18.3 Å². The number of amides is 1. The van der Waals surface area contributed by atoms with Crippen LogP contribution in [0.5, 0.6) is 23.1 Å². The zero-order chi connectivity index (χ0) is 23.7. The van der Waals surface area contributed by atoms with E-state index in [0.29, 0.717) is 35.7 Å². The summed E-state index contributed by atoms with van der Waals surface area (Å²) < 4.78 is 31.1. The van der Waals surface area contributed by atoms with Gasteiger partial charge in [0.25, 0.3) is 5.91 Å². The molecule has 2 heterocycles. The Kier molecular flexibility index (Phi) is 5.53. The predicted octanol–water partition coefficient (Wildman–Crippen LogP) is 4.18. The van der Waals surface area contributed by atoms with Crippen LogP contribution in [0.2, 0.25) is 0 Å². The molecule has 2 aliphatic rings. The Morgan fingerprint density at radius 3 is 2.68 bits per heavy atom. The van der Waals surface area contributed by atoms with Crippen LogP contribution in [0.3, 0.4) is 0 Å². The molecule has 1 aromatic heterocycles. The SMILES string of the molecule is O=C(NCc1ccc(C2(C(=O)O)CCC2)cc1F)c1cccnc1Oc1ccc2c(c1)OCO2. The largest absolute Gasteiger partial charge is 0.481 e. The lowest BCUT2D eigenvalue weighted by Crippen LogP contribution is -2.42. The molecule has 8 nitrogen and oxygen atoms in total. The third-order valence-electron chi connectivity index (χ3n) is 6.24. The van der Waals surface area contributed by atoms with E-state index in [4.69, 9.17) is 14.2 Å². The van der Waals surface area contributed by atoms with E-state index in [2.05, 4.69) is 10.3 Å². The van der Waals surface area contributed by atoms with E-state index < -0.39 is 23.1 Å². The van der Waals surface area contributed by atoms with E-state index in [0.717, 1.165) is 6.42 Å².